The predicted octanol–water partition coefficient (Wildman–Crippen LogP) is 4.15. The van der Waals surface area contributed by atoms with Crippen LogP contribution >= 0.6 is 0 Å². The van der Waals surface area contributed by atoms with E-state index in [9.17, 15) is 4.79 Å². The number of fused-ring (bicyclic) bond motifs is 3. The number of carbonyl (C=O) groups is 1. The van der Waals surface area contributed by atoms with Gasteiger partial charge in [-0.05, 0) is 31.0 Å². The molecule has 0 aliphatic rings. The molecule has 8 heteroatoms. The van der Waals surface area contributed by atoms with E-state index in [2.05, 4.69) is 33.3 Å². The SMILES string of the molecule is [B]OC(CCC)c1cc(C)c(-c2cc3cnc(NC(C)=O)cc3n3ccnc23)cn1. The molecule has 1 amide bonds. The summed E-state index contributed by atoms with van der Waals surface area (Å²) in [6.45, 7) is 5.59. The molecule has 1 N–H and O–H groups in total. The second-order valence-corrected chi connectivity index (χ2v) is 7.33. The molecule has 2 radical (unpaired) electrons. The van der Waals surface area contributed by atoms with Crippen molar-refractivity contribution in [2.45, 2.75) is 39.7 Å². The molecule has 4 heterocycles. The maximum atomic E-state index is 11.4. The third-order valence-electron chi connectivity index (χ3n) is 5.12. The lowest BCUT2D eigenvalue weighted by atomic mass is 10.00. The number of nitrogens with one attached hydrogen (secondary N) is 1. The van der Waals surface area contributed by atoms with Crippen LogP contribution in [-0.4, -0.2) is 33.3 Å². The first-order chi connectivity index (χ1) is 14.5. The van der Waals surface area contributed by atoms with Gasteiger partial charge in [0.05, 0.1) is 17.3 Å². The number of nitrogens with zero attached hydrogens (tertiary/aromatic N) is 4. The van der Waals surface area contributed by atoms with E-state index in [4.69, 9.17) is 12.7 Å². The van der Waals surface area contributed by atoms with Crippen LogP contribution in [0.4, 0.5) is 5.82 Å². The smallest absolute Gasteiger partial charge is 0.283 e. The third-order valence-corrected chi connectivity index (χ3v) is 5.12. The van der Waals surface area contributed by atoms with Crippen LogP contribution < -0.4 is 5.32 Å². The molecule has 7 nitrogen and oxygen atoms in total. The van der Waals surface area contributed by atoms with Crippen molar-refractivity contribution in [3.63, 3.8) is 0 Å². The Labute approximate surface area is 176 Å². The van der Waals surface area contributed by atoms with Crippen molar-refractivity contribution in [1.29, 1.82) is 0 Å². The van der Waals surface area contributed by atoms with Crippen LogP contribution in [0.25, 0.3) is 27.7 Å². The van der Waals surface area contributed by atoms with Crippen molar-refractivity contribution in [3.05, 3.63) is 54.2 Å². The number of aromatic nitrogens is 4. The van der Waals surface area contributed by atoms with Gasteiger partial charge in [-0.3, -0.25) is 14.2 Å². The van der Waals surface area contributed by atoms with E-state index in [0.29, 0.717) is 5.82 Å². The van der Waals surface area contributed by atoms with Gasteiger partial charge in [0.1, 0.15) is 11.5 Å². The first kappa shape index (κ1) is 20.0. The van der Waals surface area contributed by atoms with Crippen molar-refractivity contribution in [2.24, 2.45) is 0 Å². The Hall–Kier alpha value is -3.26. The molecule has 0 saturated heterocycles. The van der Waals surface area contributed by atoms with Gasteiger partial charge < -0.3 is 9.97 Å². The molecule has 1 unspecified atom stereocenters. The number of anilines is 1. The molecule has 0 aliphatic carbocycles. The number of carbonyl (C=O) groups excluding carboxylic acids is 1. The fourth-order valence-electron chi connectivity index (χ4n) is 3.72. The Morgan fingerprint density at radius 2 is 2.03 bits per heavy atom. The zero-order valence-electron chi connectivity index (χ0n) is 17.2. The van der Waals surface area contributed by atoms with Crippen LogP contribution in [0, 0.1) is 6.92 Å². The Bertz CT molecular complexity index is 1240. The normalized spacial score (nSPS) is 12.4. The standard InChI is InChI=1S/C22H22BN5O2/c1-4-5-20(30-23)18-8-13(2)17(12-25-18)16-9-15-11-26-21(27-14(3)29)10-19(15)28-7-6-24-22(16)28/h6-12,20H,4-5H2,1-3H3,(H,26,27,29). The predicted molar refractivity (Wildman–Crippen MR) is 117 cm³/mol. The summed E-state index contributed by atoms with van der Waals surface area (Å²) >= 11 is 0. The summed E-state index contributed by atoms with van der Waals surface area (Å²) in [4.78, 5) is 24.9. The Morgan fingerprint density at radius 3 is 2.73 bits per heavy atom. The van der Waals surface area contributed by atoms with Crippen LogP contribution in [0.3, 0.4) is 0 Å². The van der Waals surface area contributed by atoms with Crippen molar-refractivity contribution < 1.29 is 9.45 Å². The van der Waals surface area contributed by atoms with Crippen LogP contribution in [-0.2, 0) is 9.45 Å². The van der Waals surface area contributed by atoms with Crippen molar-refractivity contribution >= 4 is 36.3 Å². The minimum atomic E-state index is -0.220. The monoisotopic (exact) mass is 399 g/mol. The molecule has 4 rings (SSSR count). The van der Waals surface area contributed by atoms with Crippen LogP contribution in [0.1, 0.15) is 44.1 Å². The molecule has 4 aromatic heterocycles. The van der Waals surface area contributed by atoms with Gasteiger partial charge in [0.15, 0.2) is 0 Å². The summed E-state index contributed by atoms with van der Waals surface area (Å²) in [5, 5.41) is 3.66. The van der Waals surface area contributed by atoms with Crippen LogP contribution in [0.2, 0.25) is 0 Å². The summed E-state index contributed by atoms with van der Waals surface area (Å²) in [6, 6.07) is 5.91. The molecule has 0 fully saturated rings. The third kappa shape index (κ3) is 3.66. The zero-order chi connectivity index (χ0) is 21.3. The summed E-state index contributed by atoms with van der Waals surface area (Å²) in [5.74, 6) is 0.341. The molecule has 0 saturated carbocycles. The van der Waals surface area contributed by atoms with E-state index in [0.717, 1.165) is 51.8 Å². The molecule has 30 heavy (non-hydrogen) atoms. The number of hydrogen-bond donors (Lipinski definition) is 1. The number of pyridine rings is 3. The van der Waals surface area contributed by atoms with Crippen LogP contribution in [0.5, 0.6) is 0 Å². The molecule has 1 atom stereocenters. The molecule has 0 aromatic carbocycles. The largest absolute Gasteiger partial charge is 0.440 e. The maximum Gasteiger partial charge on any atom is 0.283 e. The Morgan fingerprint density at radius 1 is 1.20 bits per heavy atom. The Balaban J connectivity index is 1.84. The molecule has 0 aliphatic heterocycles. The fraction of sp³-hybridized carbons (Fsp3) is 0.273. The second-order valence-electron chi connectivity index (χ2n) is 7.33. The lowest BCUT2D eigenvalue weighted by molar-refractivity contribution is -0.114. The van der Waals surface area contributed by atoms with Crippen molar-refractivity contribution in [3.8, 4) is 11.1 Å². The summed E-state index contributed by atoms with van der Waals surface area (Å²) in [6.07, 6.45) is 8.80. The van der Waals surface area contributed by atoms with Gasteiger partial charge in [-0.1, -0.05) is 13.3 Å². The van der Waals surface area contributed by atoms with Gasteiger partial charge in [0.2, 0.25) is 5.91 Å². The van der Waals surface area contributed by atoms with E-state index in [1.165, 1.54) is 6.92 Å². The fourth-order valence-corrected chi connectivity index (χ4v) is 3.72. The number of hydrogen-bond acceptors (Lipinski definition) is 5. The van der Waals surface area contributed by atoms with Crippen LogP contribution in [0.15, 0.2) is 43.0 Å². The van der Waals surface area contributed by atoms with Gasteiger partial charge in [0.25, 0.3) is 8.05 Å². The number of rotatable bonds is 6. The molecule has 0 spiro atoms. The first-order valence-corrected chi connectivity index (χ1v) is 9.87. The summed E-state index contributed by atoms with van der Waals surface area (Å²) in [7, 11) is 5.47. The minimum Gasteiger partial charge on any atom is -0.440 e. The highest BCUT2D eigenvalue weighted by Gasteiger charge is 2.16. The molecule has 150 valence electrons. The van der Waals surface area contributed by atoms with Gasteiger partial charge in [0, 0.05) is 54.3 Å². The molecule has 0 bridgehead atoms. The molecule has 4 aromatic rings. The zero-order valence-corrected chi connectivity index (χ0v) is 17.2. The first-order valence-electron chi connectivity index (χ1n) is 9.87. The number of aryl methyl sites for hydroxylation is 1. The minimum absolute atomic E-state index is 0.162. The average molecular weight is 399 g/mol. The van der Waals surface area contributed by atoms with E-state index >= 15 is 0 Å². The highest BCUT2D eigenvalue weighted by atomic mass is 16.4. The highest BCUT2D eigenvalue weighted by Crippen LogP contribution is 2.32. The highest BCUT2D eigenvalue weighted by molar-refractivity contribution is 5.98. The second kappa shape index (κ2) is 8.24. The number of amides is 1. The van der Waals surface area contributed by atoms with E-state index in [1.807, 2.05) is 35.9 Å². The van der Waals surface area contributed by atoms with Crippen molar-refractivity contribution in [2.75, 3.05) is 5.32 Å². The molecular weight excluding hydrogens is 377 g/mol. The van der Waals surface area contributed by atoms with E-state index in [1.54, 1.807) is 12.4 Å². The van der Waals surface area contributed by atoms with Gasteiger partial charge in [-0.15, -0.1) is 0 Å². The van der Waals surface area contributed by atoms with Gasteiger partial charge >= 0.3 is 0 Å². The summed E-state index contributed by atoms with van der Waals surface area (Å²) < 4.78 is 7.11. The molecular formula is C22H22BN5O2. The number of imidazole rings is 1. The van der Waals surface area contributed by atoms with Gasteiger partial charge in [-0.25, -0.2) is 9.97 Å². The average Bonchev–Trinajstić information content (AvgIpc) is 3.21. The topological polar surface area (TPSA) is 81.4 Å². The van der Waals surface area contributed by atoms with Crippen molar-refractivity contribution in [1.82, 2.24) is 19.4 Å². The van der Waals surface area contributed by atoms with E-state index < -0.39 is 0 Å². The lowest BCUT2D eigenvalue weighted by Crippen LogP contribution is -2.07. The lowest BCUT2D eigenvalue weighted by Gasteiger charge is -2.17. The quantitative estimate of drug-likeness (QED) is 0.493. The Kier molecular flexibility index (Phi) is 5.50. The van der Waals surface area contributed by atoms with E-state index in [-0.39, 0.29) is 12.0 Å². The van der Waals surface area contributed by atoms with Gasteiger partial charge in [-0.2, -0.15) is 0 Å². The maximum absolute atomic E-state index is 11.4. The summed E-state index contributed by atoms with van der Waals surface area (Å²) in [5.41, 5.74) is 5.54.